The SMILES string of the molecule is Cn1ccc(C(=O)NCC(N2CCNCC2)C(F)(F)F)cc1=O. The number of nitrogens with one attached hydrogen (secondary N) is 2. The number of aromatic nitrogens is 1. The number of alkyl halides is 3. The first kappa shape index (κ1) is 17.5. The van der Waals surface area contributed by atoms with Gasteiger partial charge in [0.25, 0.3) is 11.5 Å². The van der Waals surface area contributed by atoms with Crippen LogP contribution in [0.15, 0.2) is 23.1 Å². The van der Waals surface area contributed by atoms with Gasteiger partial charge < -0.3 is 15.2 Å². The van der Waals surface area contributed by atoms with Gasteiger partial charge in [0.15, 0.2) is 0 Å². The third kappa shape index (κ3) is 4.55. The van der Waals surface area contributed by atoms with Crippen LogP contribution in [0.3, 0.4) is 0 Å². The Morgan fingerprint density at radius 3 is 2.61 bits per heavy atom. The van der Waals surface area contributed by atoms with Crippen LogP contribution in [0.2, 0.25) is 0 Å². The predicted octanol–water partition coefficient (Wildman–Crippen LogP) is -0.0488. The molecule has 0 aromatic carbocycles. The normalized spacial score (nSPS) is 17.7. The topological polar surface area (TPSA) is 66.4 Å². The summed E-state index contributed by atoms with van der Waals surface area (Å²) in [4.78, 5) is 24.7. The highest BCUT2D eigenvalue weighted by Crippen LogP contribution is 2.24. The highest BCUT2D eigenvalue weighted by molar-refractivity contribution is 5.93. The summed E-state index contributed by atoms with van der Waals surface area (Å²) in [6.45, 7) is 0.958. The van der Waals surface area contributed by atoms with Crippen molar-refractivity contribution in [2.75, 3.05) is 32.7 Å². The number of rotatable bonds is 4. The predicted molar refractivity (Wildman–Crippen MR) is 78.3 cm³/mol. The zero-order chi connectivity index (χ0) is 17.0. The second-order valence-corrected chi connectivity index (χ2v) is 5.42. The molecule has 9 heteroatoms. The molecule has 0 saturated carbocycles. The minimum atomic E-state index is -4.43. The molecular weight excluding hydrogens is 313 g/mol. The summed E-state index contributed by atoms with van der Waals surface area (Å²) < 4.78 is 40.9. The molecule has 128 valence electrons. The monoisotopic (exact) mass is 332 g/mol. The Bertz CT molecular complexity index is 609. The average molecular weight is 332 g/mol. The lowest BCUT2D eigenvalue weighted by Gasteiger charge is -2.35. The molecule has 2 rings (SSSR count). The van der Waals surface area contributed by atoms with E-state index in [0.717, 1.165) is 6.07 Å². The summed E-state index contributed by atoms with van der Waals surface area (Å²) in [7, 11) is 1.52. The highest BCUT2D eigenvalue weighted by atomic mass is 19.4. The lowest BCUT2D eigenvalue weighted by Crippen LogP contribution is -2.57. The largest absolute Gasteiger partial charge is 0.405 e. The molecule has 2 heterocycles. The van der Waals surface area contributed by atoms with E-state index in [1.54, 1.807) is 0 Å². The number of hydrogen-bond donors (Lipinski definition) is 2. The Hall–Kier alpha value is -1.87. The molecule has 0 spiro atoms. The number of halogens is 3. The molecule has 0 bridgehead atoms. The molecule has 23 heavy (non-hydrogen) atoms. The van der Waals surface area contributed by atoms with Crippen LogP contribution < -0.4 is 16.2 Å². The summed E-state index contributed by atoms with van der Waals surface area (Å²) in [5.74, 6) is -0.688. The molecule has 0 aliphatic carbocycles. The molecule has 1 saturated heterocycles. The van der Waals surface area contributed by atoms with Crippen molar-refractivity contribution in [1.82, 2.24) is 20.1 Å². The smallest absolute Gasteiger partial charge is 0.350 e. The molecule has 1 aliphatic rings. The minimum Gasteiger partial charge on any atom is -0.350 e. The molecule has 2 N–H and O–H groups in total. The third-order valence-corrected chi connectivity index (χ3v) is 3.79. The number of aryl methyl sites for hydroxylation is 1. The van der Waals surface area contributed by atoms with E-state index in [1.807, 2.05) is 0 Å². The van der Waals surface area contributed by atoms with Crippen molar-refractivity contribution in [1.29, 1.82) is 0 Å². The van der Waals surface area contributed by atoms with Crippen LogP contribution in [0.4, 0.5) is 13.2 Å². The van der Waals surface area contributed by atoms with Gasteiger partial charge in [-0.1, -0.05) is 0 Å². The van der Waals surface area contributed by atoms with E-state index in [-0.39, 0.29) is 18.7 Å². The van der Waals surface area contributed by atoms with Crippen LogP contribution in [0.5, 0.6) is 0 Å². The fourth-order valence-corrected chi connectivity index (χ4v) is 2.43. The zero-order valence-corrected chi connectivity index (χ0v) is 12.7. The minimum absolute atomic E-state index is 0.0503. The van der Waals surface area contributed by atoms with E-state index < -0.39 is 30.2 Å². The lowest BCUT2D eigenvalue weighted by atomic mass is 10.2. The Balaban J connectivity index is 2.03. The van der Waals surface area contributed by atoms with Crippen molar-refractivity contribution in [2.45, 2.75) is 12.2 Å². The number of amides is 1. The molecule has 1 unspecified atom stereocenters. The van der Waals surface area contributed by atoms with Crippen molar-refractivity contribution in [3.63, 3.8) is 0 Å². The fraction of sp³-hybridized carbons (Fsp3) is 0.571. The first-order valence-electron chi connectivity index (χ1n) is 7.25. The molecule has 1 amide bonds. The molecule has 1 aromatic heterocycles. The van der Waals surface area contributed by atoms with E-state index in [4.69, 9.17) is 0 Å². The molecule has 6 nitrogen and oxygen atoms in total. The summed E-state index contributed by atoms with van der Waals surface area (Å²) in [6.07, 6.45) is -3.04. The fourth-order valence-electron chi connectivity index (χ4n) is 2.43. The molecule has 1 atom stereocenters. The quantitative estimate of drug-likeness (QED) is 0.812. The zero-order valence-electron chi connectivity index (χ0n) is 12.7. The van der Waals surface area contributed by atoms with Gasteiger partial charge in [-0.25, -0.2) is 0 Å². The van der Waals surface area contributed by atoms with Crippen LogP contribution in [0.25, 0.3) is 0 Å². The van der Waals surface area contributed by atoms with Crippen molar-refractivity contribution in [3.8, 4) is 0 Å². The maximum atomic E-state index is 13.2. The second kappa shape index (κ2) is 7.14. The van der Waals surface area contributed by atoms with E-state index in [0.29, 0.717) is 13.1 Å². The number of carbonyl (C=O) groups excluding carboxylic acids is 1. The van der Waals surface area contributed by atoms with Gasteiger partial charge in [-0.15, -0.1) is 0 Å². The molecule has 1 aliphatic heterocycles. The maximum Gasteiger partial charge on any atom is 0.405 e. The molecule has 1 fully saturated rings. The highest BCUT2D eigenvalue weighted by Gasteiger charge is 2.43. The molecule has 1 aromatic rings. The van der Waals surface area contributed by atoms with E-state index in [1.165, 1.54) is 28.8 Å². The summed E-state index contributed by atoms with van der Waals surface area (Å²) >= 11 is 0. The van der Waals surface area contributed by atoms with Crippen molar-refractivity contribution in [2.24, 2.45) is 7.05 Å². The number of piperazine rings is 1. The number of pyridine rings is 1. The molecule has 0 radical (unpaired) electrons. The van der Waals surface area contributed by atoms with Gasteiger partial charge in [-0.05, 0) is 6.07 Å². The second-order valence-electron chi connectivity index (χ2n) is 5.42. The van der Waals surface area contributed by atoms with Crippen LogP contribution in [0.1, 0.15) is 10.4 Å². The van der Waals surface area contributed by atoms with Gasteiger partial charge in [-0.2, -0.15) is 13.2 Å². The van der Waals surface area contributed by atoms with Gasteiger partial charge in [-0.3, -0.25) is 14.5 Å². The van der Waals surface area contributed by atoms with E-state index in [2.05, 4.69) is 10.6 Å². The van der Waals surface area contributed by atoms with Crippen LogP contribution in [-0.2, 0) is 7.05 Å². The van der Waals surface area contributed by atoms with Crippen LogP contribution in [0, 0.1) is 0 Å². The van der Waals surface area contributed by atoms with E-state index >= 15 is 0 Å². The number of carbonyl (C=O) groups is 1. The van der Waals surface area contributed by atoms with Gasteiger partial charge >= 0.3 is 6.18 Å². The van der Waals surface area contributed by atoms with Gasteiger partial charge in [0, 0.05) is 57.6 Å². The number of nitrogens with zero attached hydrogens (tertiary/aromatic N) is 2. The number of hydrogen-bond acceptors (Lipinski definition) is 4. The Labute approximate surface area is 131 Å². The van der Waals surface area contributed by atoms with E-state index in [9.17, 15) is 22.8 Å². The van der Waals surface area contributed by atoms with Gasteiger partial charge in [0.1, 0.15) is 6.04 Å². The maximum absolute atomic E-state index is 13.2. The van der Waals surface area contributed by atoms with Gasteiger partial charge in [0.05, 0.1) is 0 Å². The van der Waals surface area contributed by atoms with Crippen molar-refractivity contribution in [3.05, 3.63) is 34.2 Å². The van der Waals surface area contributed by atoms with Crippen molar-refractivity contribution < 1.29 is 18.0 Å². The molecular formula is C14H19F3N4O2. The average Bonchev–Trinajstić information content (AvgIpc) is 2.49. The van der Waals surface area contributed by atoms with Crippen molar-refractivity contribution >= 4 is 5.91 Å². The van der Waals surface area contributed by atoms with Crippen LogP contribution >= 0.6 is 0 Å². The summed E-state index contributed by atoms with van der Waals surface area (Å²) in [5.41, 5.74) is -0.346. The standard InChI is InChI=1S/C14H19F3N4O2/c1-20-5-2-10(8-12(20)22)13(23)19-9-11(14(15,16)17)21-6-3-18-4-7-21/h2,5,8,11,18H,3-4,6-7,9H2,1H3,(H,19,23). The Morgan fingerprint density at radius 2 is 2.04 bits per heavy atom. The summed E-state index contributed by atoms with van der Waals surface area (Å²) in [6, 6.07) is 0.757. The third-order valence-electron chi connectivity index (χ3n) is 3.79. The van der Waals surface area contributed by atoms with Gasteiger partial charge in [0.2, 0.25) is 0 Å². The summed E-state index contributed by atoms with van der Waals surface area (Å²) in [5, 5.41) is 5.27. The Morgan fingerprint density at radius 1 is 1.39 bits per heavy atom. The first-order valence-corrected chi connectivity index (χ1v) is 7.25. The lowest BCUT2D eigenvalue weighted by molar-refractivity contribution is -0.183. The van der Waals surface area contributed by atoms with Crippen LogP contribution in [-0.4, -0.2) is 60.3 Å². The Kier molecular flexibility index (Phi) is 5.42. The first-order chi connectivity index (χ1) is 10.8.